The number of pyridine rings is 1. The average Bonchev–Trinajstić information content (AvgIpc) is 3.57. The van der Waals surface area contributed by atoms with E-state index in [1.165, 1.54) is 0 Å². The molecule has 2 aromatic carbocycles. The SMILES string of the molecule is COc1ccc(CN(C[C@@H]2CCCO2)[C@@H](c2cc3ccc(C)cc3[nH]c2=O)c2nnnn2C(C)(C)C)cc1. The van der Waals surface area contributed by atoms with Gasteiger partial charge in [-0.25, -0.2) is 4.68 Å². The van der Waals surface area contributed by atoms with Gasteiger partial charge >= 0.3 is 0 Å². The summed E-state index contributed by atoms with van der Waals surface area (Å²) in [6, 6.07) is 15.6. The van der Waals surface area contributed by atoms with Crippen LogP contribution in [-0.4, -0.2) is 56.5 Å². The van der Waals surface area contributed by atoms with E-state index >= 15 is 0 Å². The Labute approximate surface area is 222 Å². The van der Waals surface area contributed by atoms with Crippen LogP contribution in [-0.2, 0) is 16.8 Å². The van der Waals surface area contributed by atoms with Gasteiger partial charge in [-0.1, -0.05) is 24.3 Å². The van der Waals surface area contributed by atoms with E-state index in [9.17, 15) is 4.79 Å². The quantitative estimate of drug-likeness (QED) is 0.372. The fraction of sp³-hybridized carbons (Fsp3) is 0.448. The van der Waals surface area contributed by atoms with Gasteiger partial charge in [-0.2, -0.15) is 0 Å². The largest absolute Gasteiger partial charge is 0.497 e. The Balaban J connectivity index is 1.67. The molecule has 0 bridgehead atoms. The number of ether oxygens (including phenoxy) is 2. The average molecular weight is 517 g/mol. The highest BCUT2D eigenvalue weighted by molar-refractivity contribution is 5.79. The van der Waals surface area contributed by atoms with Gasteiger partial charge in [0.05, 0.1) is 18.8 Å². The summed E-state index contributed by atoms with van der Waals surface area (Å²) in [5.41, 5.74) is 3.07. The Morgan fingerprint density at radius 3 is 2.66 bits per heavy atom. The van der Waals surface area contributed by atoms with E-state index in [1.807, 2.05) is 41.9 Å². The molecule has 0 amide bonds. The van der Waals surface area contributed by atoms with Gasteiger partial charge in [-0.05, 0) is 91.7 Å². The molecular formula is C29H36N6O3. The van der Waals surface area contributed by atoms with Crippen molar-refractivity contribution in [3.63, 3.8) is 0 Å². The first kappa shape index (κ1) is 26.1. The third kappa shape index (κ3) is 5.49. The van der Waals surface area contributed by atoms with Crippen LogP contribution >= 0.6 is 0 Å². The van der Waals surface area contributed by atoms with Gasteiger partial charge < -0.3 is 14.5 Å². The Hall–Kier alpha value is -3.56. The fourth-order valence-electron chi connectivity index (χ4n) is 5.15. The van der Waals surface area contributed by atoms with Gasteiger partial charge in [0.25, 0.3) is 5.56 Å². The van der Waals surface area contributed by atoms with Crippen LogP contribution in [0.5, 0.6) is 5.75 Å². The third-order valence-corrected chi connectivity index (χ3v) is 7.07. The number of aromatic nitrogens is 5. The fourth-order valence-corrected chi connectivity index (χ4v) is 5.15. The maximum Gasteiger partial charge on any atom is 0.253 e. The smallest absolute Gasteiger partial charge is 0.253 e. The lowest BCUT2D eigenvalue weighted by Gasteiger charge is -2.34. The molecule has 200 valence electrons. The van der Waals surface area contributed by atoms with Gasteiger partial charge in [0.1, 0.15) is 11.8 Å². The Morgan fingerprint density at radius 1 is 1.18 bits per heavy atom. The lowest BCUT2D eigenvalue weighted by molar-refractivity contribution is 0.0564. The van der Waals surface area contributed by atoms with Crippen LogP contribution < -0.4 is 10.3 Å². The second-order valence-electron chi connectivity index (χ2n) is 11.1. The van der Waals surface area contributed by atoms with Crippen LogP contribution in [0.2, 0.25) is 0 Å². The molecule has 5 rings (SSSR count). The van der Waals surface area contributed by atoms with E-state index in [1.54, 1.807) is 7.11 Å². The molecule has 1 N–H and O–H groups in total. The predicted octanol–water partition coefficient (Wildman–Crippen LogP) is 4.36. The minimum atomic E-state index is -0.495. The lowest BCUT2D eigenvalue weighted by atomic mass is 10.00. The number of nitrogens with one attached hydrogen (secondary N) is 1. The molecule has 1 aliphatic rings. The maximum atomic E-state index is 13.7. The topological polar surface area (TPSA) is 98.2 Å². The van der Waals surface area contributed by atoms with Crippen LogP contribution in [0.25, 0.3) is 10.9 Å². The normalized spacial score (nSPS) is 16.8. The first-order valence-electron chi connectivity index (χ1n) is 13.1. The number of nitrogens with zero attached hydrogens (tertiary/aromatic N) is 5. The van der Waals surface area contributed by atoms with Crippen molar-refractivity contribution in [2.45, 2.75) is 64.8 Å². The van der Waals surface area contributed by atoms with E-state index < -0.39 is 6.04 Å². The van der Waals surface area contributed by atoms with Crippen LogP contribution in [0.4, 0.5) is 0 Å². The second kappa shape index (κ2) is 10.7. The van der Waals surface area contributed by atoms with E-state index in [4.69, 9.17) is 9.47 Å². The highest BCUT2D eigenvalue weighted by Crippen LogP contribution is 2.32. The molecular weight excluding hydrogens is 480 g/mol. The molecule has 9 heteroatoms. The molecule has 1 saturated heterocycles. The molecule has 1 fully saturated rings. The number of H-pyrrole nitrogens is 1. The zero-order valence-electron chi connectivity index (χ0n) is 22.8. The Kier molecular flexibility index (Phi) is 7.32. The van der Waals surface area contributed by atoms with Crippen molar-refractivity contribution in [2.24, 2.45) is 0 Å². The van der Waals surface area contributed by atoms with Crippen molar-refractivity contribution >= 4 is 10.9 Å². The van der Waals surface area contributed by atoms with Crippen LogP contribution in [0.15, 0.2) is 53.3 Å². The molecule has 38 heavy (non-hydrogen) atoms. The molecule has 3 heterocycles. The van der Waals surface area contributed by atoms with Crippen molar-refractivity contribution < 1.29 is 9.47 Å². The Bertz CT molecular complexity index is 1450. The van der Waals surface area contributed by atoms with Crippen LogP contribution in [0.1, 0.15) is 62.2 Å². The van der Waals surface area contributed by atoms with E-state index in [0.717, 1.165) is 47.2 Å². The highest BCUT2D eigenvalue weighted by atomic mass is 16.5. The maximum absolute atomic E-state index is 13.7. The van der Waals surface area contributed by atoms with Crippen molar-refractivity contribution in [3.8, 4) is 5.75 Å². The summed E-state index contributed by atoms with van der Waals surface area (Å²) in [6.45, 7) is 10.2. The number of hydrogen-bond donors (Lipinski definition) is 1. The standard InChI is InChI=1S/C29H36N6O3/c1-19-8-11-21-16-24(28(36)30-25(21)15-19)26(27-31-32-33-35(27)29(2,3)4)34(18-23-7-6-14-38-23)17-20-9-12-22(37-5)13-10-20/h8-13,15-16,23,26H,6-7,14,17-18H2,1-5H3,(H,30,36)/t23-,26-/m0/s1. The molecule has 0 spiro atoms. The predicted molar refractivity (Wildman–Crippen MR) is 146 cm³/mol. The molecule has 1 aliphatic heterocycles. The molecule has 0 aliphatic carbocycles. The number of tetrazole rings is 1. The summed E-state index contributed by atoms with van der Waals surface area (Å²) in [6.07, 6.45) is 2.07. The van der Waals surface area contributed by atoms with E-state index in [2.05, 4.69) is 64.4 Å². The molecule has 9 nitrogen and oxygen atoms in total. The van der Waals surface area contributed by atoms with Gasteiger partial charge in [-0.3, -0.25) is 9.69 Å². The summed E-state index contributed by atoms with van der Waals surface area (Å²) in [7, 11) is 1.66. The van der Waals surface area contributed by atoms with Crippen LogP contribution in [0.3, 0.4) is 0 Å². The minimum Gasteiger partial charge on any atom is -0.497 e. The molecule has 4 aromatic rings. The number of aryl methyl sites for hydroxylation is 1. The number of benzene rings is 2. The van der Waals surface area contributed by atoms with Gasteiger partial charge in [0.15, 0.2) is 5.82 Å². The monoisotopic (exact) mass is 516 g/mol. The summed E-state index contributed by atoms with van der Waals surface area (Å²) in [4.78, 5) is 19.1. The minimum absolute atomic E-state index is 0.0666. The summed E-state index contributed by atoms with van der Waals surface area (Å²) in [5, 5.41) is 13.9. The Morgan fingerprint density at radius 2 is 1.97 bits per heavy atom. The van der Waals surface area contributed by atoms with Crippen molar-refractivity contribution in [3.05, 3.63) is 81.4 Å². The van der Waals surface area contributed by atoms with Crippen LogP contribution in [0, 0.1) is 6.92 Å². The van der Waals surface area contributed by atoms with Gasteiger partial charge in [0, 0.05) is 30.8 Å². The zero-order chi connectivity index (χ0) is 26.9. The summed E-state index contributed by atoms with van der Waals surface area (Å²) >= 11 is 0. The highest BCUT2D eigenvalue weighted by Gasteiger charge is 2.35. The first-order chi connectivity index (χ1) is 18.2. The van der Waals surface area contributed by atoms with Gasteiger partial charge in [0.2, 0.25) is 0 Å². The zero-order valence-corrected chi connectivity index (χ0v) is 22.8. The number of fused-ring (bicyclic) bond motifs is 1. The first-order valence-corrected chi connectivity index (χ1v) is 13.1. The molecule has 2 aromatic heterocycles. The third-order valence-electron chi connectivity index (χ3n) is 7.07. The van der Waals surface area contributed by atoms with E-state index in [-0.39, 0.29) is 17.2 Å². The lowest BCUT2D eigenvalue weighted by Crippen LogP contribution is -2.40. The number of rotatable bonds is 8. The number of methoxy groups -OCH3 is 1. The van der Waals surface area contributed by atoms with Gasteiger partial charge in [-0.15, -0.1) is 5.10 Å². The van der Waals surface area contributed by atoms with Crippen molar-refractivity contribution in [2.75, 3.05) is 20.3 Å². The number of aromatic amines is 1. The van der Waals surface area contributed by atoms with E-state index in [0.29, 0.717) is 24.5 Å². The summed E-state index contributed by atoms with van der Waals surface area (Å²) < 4.78 is 13.3. The number of hydrogen-bond acceptors (Lipinski definition) is 7. The summed E-state index contributed by atoms with van der Waals surface area (Å²) in [5.74, 6) is 1.43. The molecule has 2 atom stereocenters. The molecule has 0 radical (unpaired) electrons. The molecule has 0 saturated carbocycles. The second-order valence-corrected chi connectivity index (χ2v) is 11.1. The van der Waals surface area contributed by atoms with Crippen molar-refractivity contribution in [1.82, 2.24) is 30.1 Å². The van der Waals surface area contributed by atoms with Crippen molar-refractivity contribution in [1.29, 1.82) is 0 Å². The molecule has 0 unspecified atom stereocenters.